The molecule has 0 saturated carbocycles. The first kappa shape index (κ1) is 16.6. The minimum atomic E-state index is -0.0258. The number of rotatable bonds is 5. The van der Waals surface area contributed by atoms with Gasteiger partial charge in [0, 0.05) is 9.37 Å². The molecule has 1 amide bonds. The van der Waals surface area contributed by atoms with E-state index in [9.17, 15) is 4.79 Å². The number of carbonyl (C=O) groups is 1. The number of benzene rings is 2. The summed E-state index contributed by atoms with van der Waals surface area (Å²) in [7, 11) is 0. The number of hydrogen-bond donors (Lipinski definition) is 1. The SMILES string of the molecule is CC(NC(=O)CSc1ccc(C#N)cc1)c1ccc(Br)cc1. The largest absolute Gasteiger partial charge is 0.349 e. The number of nitrogens with zero attached hydrogens (tertiary/aromatic N) is 1. The maximum Gasteiger partial charge on any atom is 0.230 e. The molecule has 2 aromatic carbocycles. The van der Waals surface area contributed by atoms with Crippen molar-refractivity contribution < 1.29 is 4.79 Å². The Balaban J connectivity index is 1.84. The highest BCUT2D eigenvalue weighted by molar-refractivity contribution is 9.10. The van der Waals surface area contributed by atoms with E-state index in [-0.39, 0.29) is 11.9 Å². The van der Waals surface area contributed by atoms with Crippen molar-refractivity contribution >= 4 is 33.6 Å². The summed E-state index contributed by atoms with van der Waals surface area (Å²) in [5.74, 6) is 0.344. The maximum atomic E-state index is 12.0. The van der Waals surface area contributed by atoms with Crippen LogP contribution in [0.25, 0.3) is 0 Å². The van der Waals surface area contributed by atoms with Gasteiger partial charge in [0.05, 0.1) is 23.4 Å². The quantitative estimate of drug-likeness (QED) is 0.794. The first-order valence-electron chi connectivity index (χ1n) is 6.76. The smallest absolute Gasteiger partial charge is 0.230 e. The molecule has 0 spiro atoms. The Hall–Kier alpha value is -1.77. The Bertz CT molecular complexity index is 677. The van der Waals surface area contributed by atoms with E-state index in [1.165, 1.54) is 11.8 Å². The van der Waals surface area contributed by atoms with Gasteiger partial charge in [0.15, 0.2) is 0 Å². The predicted molar refractivity (Wildman–Crippen MR) is 92.6 cm³/mol. The molecule has 0 radical (unpaired) electrons. The zero-order valence-corrected chi connectivity index (χ0v) is 14.4. The van der Waals surface area contributed by atoms with Gasteiger partial charge >= 0.3 is 0 Å². The van der Waals surface area contributed by atoms with Crippen molar-refractivity contribution in [3.05, 3.63) is 64.1 Å². The van der Waals surface area contributed by atoms with Gasteiger partial charge in [0.2, 0.25) is 5.91 Å². The summed E-state index contributed by atoms with van der Waals surface area (Å²) < 4.78 is 1.02. The number of halogens is 1. The summed E-state index contributed by atoms with van der Waals surface area (Å²) in [5.41, 5.74) is 1.69. The van der Waals surface area contributed by atoms with Crippen molar-refractivity contribution in [2.45, 2.75) is 17.9 Å². The van der Waals surface area contributed by atoms with E-state index >= 15 is 0 Å². The Morgan fingerprint density at radius 2 is 1.86 bits per heavy atom. The van der Waals surface area contributed by atoms with Crippen LogP contribution in [0.5, 0.6) is 0 Å². The second kappa shape index (κ2) is 8.02. The fourth-order valence-electron chi connectivity index (χ4n) is 1.89. The van der Waals surface area contributed by atoms with Crippen molar-refractivity contribution in [3.63, 3.8) is 0 Å². The van der Waals surface area contributed by atoms with Gasteiger partial charge in [-0.2, -0.15) is 5.26 Å². The lowest BCUT2D eigenvalue weighted by molar-refractivity contribution is -0.119. The Morgan fingerprint density at radius 1 is 1.23 bits per heavy atom. The Labute approximate surface area is 142 Å². The molecule has 0 heterocycles. The van der Waals surface area contributed by atoms with E-state index in [2.05, 4.69) is 27.3 Å². The van der Waals surface area contributed by atoms with Gasteiger partial charge in [-0.1, -0.05) is 28.1 Å². The molecule has 112 valence electrons. The van der Waals surface area contributed by atoms with Crippen molar-refractivity contribution in [1.29, 1.82) is 5.26 Å². The average Bonchev–Trinajstić information content (AvgIpc) is 2.54. The standard InChI is InChI=1S/C17H15BrN2OS/c1-12(14-4-6-15(18)7-5-14)20-17(21)11-22-16-8-2-13(10-19)3-9-16/h2-9,12H,11H2,1H3,(H,20,21). The molecular weight excluding hydrogens is 360 g/mol. The second-order valence-electron chi connectivity index (χ2n) is 4.77. The number of thioether (sulfide) groups is 1. The Morgan fingerprint density at radius 3 is 2.45 bits per heavy atom. The Kier molecular flexibility index (Phi) is 6.05. The van der Waals surface area contributed by atoms with Crippen LogP contribution in [0, 0.1) is 11.3 Å². The van der Waals surface area contributed by atoms with Crippen molar-refractivity contribution in [2.75, 3.05) is 5.75 Å². The minimum absolute atomic E-state index is 0.00946. The van der Waals surface area contributed by atoms with Gasteiger partial charge in [-0.05, 0) is 48.9 Å². The topological polar surface area (TPSA) is 52.9 Å². The van der Waals surface area contributed by atoms with Crippen LogP contribution < -0.4 is 5.32 Å². The van der Waals surface area contributed by atoms with Crippen LogP contribution in [-0.2, 0) is 4.79 Å². The molecule has 0 saturated heterocycles. The lowest BCUT2D eigenvalue weighted by atomic mass is 10.1. The molecule has 5 heteroatoms. The number of nitriles is 1. The van der Waals surface area contributed by atoms with Crippen LogP contribution in [0.3, 0.4) is 0 Å². The molecular formula is C17H15BrN2OS. The third kappa shape index (κ3) is 4.90. The molecule has 0 aromatic heterocycles. The molecule has 0 aliphatic carbocycles. The highest BCUT2D eigenvalue weighted by Crippen LogP contribution is 2.19. The van der Waals surface area contributed by atoms with E-state index in [1.807, 2.05) is 43.3 Å². The summed E-state index contributed by atoms with van der Waals surface area (Å²) in [6, 6.07) is 17.2. The summed E-state index contributed by atoms with van der Waals surface area (Å²) in [4.78, 5) is 13.0. The molecule has 2 aromatic rings. The summed E-state index contributed by atoms with van der Waals surface area (Å²) in [6.07, 6.45) is 0. The van der Waals surface area contributed by atoms with Crippen LogP contribution in [0.4, 0.5) is 0 Å². The molecule has 0 aliphatic rings. The molecule has 22 heavy (non-hydrogen) atoms. The van der Waals surface area contributed by atoms with Crippen molar-refractivity contribution in [3.8, 4) is 6.07 Å². The minimum Gasteiger partial charge on any atom is -0.349 e. The van der Waals surface area contributed by atoms with Gasteiger partial charge in [-0.3, -0.25) is 4.79 Å². The normalized spacial score (nSPS) is 11.5. The van der Waals surface area contributed by atoms with Gasteiger partial charge in [-0.25, -0.2) is 0 Å². The number of carbonyl (C=O) groups excluding carboxylic acids is 1. The van der Waals surface area contributed by atoms with E-state index in [4.69, 9.17) is 5.26 Å². The van der Waals surface area contributed by atoms with Gasteiger partial charge in [0.25, 0.3) is 0 Å². The van der Waals surface area contributed by atoms with Crippen molar-refractivity contribution in [1.82, 2.24) is 5.32 Å². The van der Waals surface area contributed by atoms with Crippen LogP contribution in [0.1, 0.15) is 24.1 Å². The first-order chi connectivity index (χ1) is 10.6. The molecule has 2 rings (SSSR count). The second-order valence-corrected chi connectivity index (χ2v) is 6.73. The first-order valence-corrected chi connectivity index (χ1v) is 8.54. The van der Waals surface area contributed by atoms with Crippen LogP contribution in [0.15, 0.2) is 57.9 Å². The van der Waals surface area contributed by atoms with Crippen LogP contribution in [-0.4, -0.2) is 11.7 Å². The highest BCUT2D eigenvalue weighted by atomic mass is 79.9. The monoisotopic (exact) mass is 374 g/mol. The molecule has 0 fully saturated rings. The van der Waals surface area contributed by atoms with Gasteiger partial charge in [0.1, 0.15) is 0 Å². The maximum absolute atomic E-state index is 12.0. The fraction of sp³-hybridized carbons (Fsp3) is 0.176. The third-order valence-corrected chi connectivity index (χ3v) is 4.64. The molecule has 3 nitrogen and oxygen atoms in total. The summed E-state index contributed by atoms with van der Waals surface area (Å²) in [6.45, 7) is 1.97. The zero-order valence-electron chi connectivity index (χ0n) is 12.0. The number of amides is 1. The lowest BCUT2D eigenvalue weighted by Gasteiger charge is -2.14. The van der Waals surface area contributed by atoms with E-state index in [0.717, 1.165) is 14.9 Å². The molecule has 1 unspecified atom stereocenters. The van der Waals surface area contributed by atoms with E-state index in [0.29, 0.717) is 11.3 Å². The molecule has 0 bridgehead atoms. The third-order valence-electron chi connectivity index (χ3n) is 3.10. The zero-order chi connectivity index (χ0) is 15.9. The molecule has 0 aliphatic heterocycles. The predicted octanol–water partition coefficient (Wildman–Crippen LogP) is 4.29. The van der Waals surface area contributed by atoms with Crippen LogP contribution in [0.2, 0.25) is 0 Å². The summed E-state index contributed by atoms with van der Waals surface area (Å²) in [5, 5.41) is 11.7. The van der Waals surface area contributed by atoms with Gasteiger partial charge in [-0.15, -0.1) is 11.8 Å². The number of hydrogen-bond acceptors (Lipinski definition) is 3. The highest BCUT2D eigenvalue weighted by Gasteiger charge is 2.09. The molecule has 1 atom stereocenters. The number of nitrogens with one attached hydrogen (secondary N) is 1. The van der Waals surface area contributed by atoms with E-state index < -0.39 is 0 Å². The van der Waals surface area contributed by atoms with Gasteiger partial charge < -0.3 is 5.32 Å². The lowest BCUT2D eigenvalue weighted by Crippen LogP contribution is -2.28. The molecule has 1 N–H and O–H groups in total. The van der Waals surface area contributed by atoms with Crippen molar-refractivity contribution in [2.24, 2.45) is 0 Å². The van der Waals surface area contributed by atoms with E-state index in [1.54, 1.807) is 12.1 Å². The van der Waals surface area contributed by atoms with Crippen LogP contribution >= 0.6 is 27.7 Å². The summed E-state index contributed by atoms with van der Waals surface area (Å²) >= 11 is 4.85. The fourth-order valence-corrected chi connectivity index (χ4v) is 2.87. The average molecular weight is 375 g/mol.